The van der Waals surface area contributed by atoms with E-state index in [4.69, 9.17) is 0 Å². The first-order valence-electron chi connectivity index (χ1n) is 14.0. The summed E-state index contributed by atoms with van der Waals surface area (Å²) in [5, 5.41) is 15.3. The maximum absolute atomic E-state index is 14.7. The van der Waals surface area contributed by atoms with Crippen LogP contribution >= 0.6 is 0 Å². The van der Waals surface area contributed by atoms with Crippen LogP contribution in [0.25, 0.3) is 27.7 Å². The first-order valence-corrected chi connectivity index (χ1v) is 14.0. The maximum Gasteiger partial charge on any atom is 0.131 e. The lowest BCUT2D eigenvalue weighted by atomic mass is 9.92. The van der Waals surface area contributed by atoms with Crippen LogP contribution in [-0.4, -0.2) is 15.2 Å². The van der Waals surface area contributed by atoms with Crippen molar-refractivity contribution < 1.29 is 4.39 Å². The molecule has 5 nitrogen and oxygen atoms in total. The van der Waals surface area contributed by atoms with Crippen LogP contribution in [0.1, 0.15) is 64.9 Å². The van der Waals surface area contributed by atoms with Gasteiger partial charge in [0.1, 0.15) is 11.5 Å². The number of nitrogens with one attached hydrogen (secondary N) is 3. The lowest BCUT2D eigenvalue weighted by Gasteiger charge is -2.23. The molecule has 0 amide bonds. The molecular weight excluding hydrogens is 521 g/mol. The number of hydrogen-bond acceptors (Lipinski definition) is 4. The average Bonchev–Trinajstić information content (AvgIpc) is 3.39. The van der Waals surface area contributed by atoms with Gasteiger partial charge in [-0.15, -0.1) is 0 Å². The molecule has 42 heavy (non-hydrogen) atoms. The van der Waals surface area contributed by atoms with Gasteiger partial charge in [-0.25, -0.2) is 4.39 Å². The van der Waals surface area contributed by atoms with Gasteiger partial charge in [-0.05, 0) is 61.3 Å². The zero-order valence-electron chi connectivity index (χ0n) is 25.7. The molecule has 3 rings (SSSR count). The van der Waals surface area contributed by atoms with Crippen molar-refractivity contribution in [2.45, 2.75) is 48.0 Å². The van der Waals surface area contributed by atoms with Crippen molar-refractivity contribution in [3.05, 3.63) is 139 Å². The fraction of sp³-hybridized carbons (Fsp3) is 0.222. The van der Waals surface area contributed by atoms with Crippen molar-refractivity contribution in [1.82, 2.24) is 25.8 Å². The number of halogens is 1. The number of benzene rings is 1. The first-order chi connectivity index (χ1) is 19.9. The normalized spacial score (nSPS) is 13.5. The summed E-state index contributed by atoms with van der Waals surface area (Å²) in [5.74, 6) is -0.288. The van der Waals surface area contributed by atoms with Crippen molar-refractivity contribution >= 4 is 27.7 Å². The Labute approximate surface area is 249 Å². The summed E-state index contributed by atoms with van der Waals surface area (Å²) in [6.07, 6.45) is 11.7. The Morgan fingerprint density at radius 1 is 1.12 bits per heavy atom. The second-order valence-corrected chi connectivity index (χ2v) is 10.9. The molecule has 0 saturated heterocycles. The predicted octanol–water partition coefficient (Wildman–Crippen LogP) is 9.23. The van der Waals surface area contributed by atoms with Crippen molar-refractivity contribution in [2.75, 3.05) is 0 Å². The van der Waals surface area contributed by atoms with Gasteiger partial charge < -0.3 is 10.6 Å². The molecule has 0 bridgehead atoms. The van der Waals surface area contributed by atoms with Gasteiger partial charge in [0.05, 0.1) is 23.1 Å². The quantitative estimate of drug-likeness (QED) is 0.192. The summed E-state index contributed by atoms with van der Waals surface area (Å²) in [7, 11) is 0. The van der Waals surface area contributed by atoms with Gasteiger partial charge in [-0.3, -0.25) is 10.1 Å². The molecule has 0 spiro atoms. The molecule has 0 atom stereocenters. The largest absolute Gasteiger partial charge is 0.359 e. The lowest BCUT2D eigenvalue weighted by Crippen LogP contribution is -2.22. The Morgan fingerprint density at radius 3 is 2.43 bits per heavy atom. The zero-order chi connectivity index (χ0) is 31.0. The average molecular weight is 564 g/mol. The number of rotatable bonds is 12. The molecule has 3 N–H and O–H groups in total. The minimum absolute atomic E-state index is 0.101. The van der Waals surface area contributed by atoms with Gasteiger partial charge in [0.2, 0.25) is 0 Å². The number of fused-ring (bicyclic) bond motifs is 1. The van der Waals surface area contributed by atoms with Crippen LogP contribution in [0.3, 0.4) is 0 Å². The standard InChI is InChI=1S/C36H42FN5/c1-11-17-28(29-18-15-16-19-31(29)37)23(5)32(14-4)39-24(6)35-30-21-33(38-22-34(30)41-42-35)26(12-2)20-27(13-3)40-25(7)36(8,9)10/h11-13,15-22,39-40H,1,3,6-7,14H2,2,4-5,8-10H3,(H,41,42)/b26-12+,27-20+,28-17+,32-23+. The van der Waals surface area contributed by atoms with Crippen LogP contribution in [0.4, 0.5) is 4.39 Å². The molecule has 0 aliphatic rings. The Balaban J connectivity index is 1.98. The molecule has 0 aliphatic heterocycles. The van der Waals surface area contributed by atoms with E-state index in [1.807, 2.05) is 51.1 Å². The van der Waals surface area contributed by atoms with Crippen molar-refractivity contribution in [3.63, 3.8) is 0 Å². The van der Waals surface area contributed by atoms with Crippen LogP contribution < -0.4 is 10.6 Å². The van der Waals surface area contributed by atoms with E-state index in [1.54, 1.807) is 30.5 Å². The third-order valence-corrected chi connectivity index (χ3v) is 7.03. The molecule has 0 fully saturated rings. The predicted molar refractivity (Wildman–Crippen MR) is 177 cm³/mol. The van der Waals surface area contributed by atoms with E-state index in [9.17, 15) is 4.39 Å². The fourth-order valence-corrected chi connectivity index (χ4v) is 4.35. The zero-order valence-corrected chi connectivity index (χ0v) is 25.7. The molecule has 0 unspecified atom stereocenters. The van der Waals surface area contributed by atoms with Crippen molar-refractivity contribution in [3.8, 4) is 0 Å². The number of H-pyrrole nitrogens is 1. The Bertz CT molecular complexity index is 1640. The van der Waals surface area contributed by atoms with Crippen molar-refractivity contribution in [2.24, 2.45) is 5.41 Å². The third kappa shape index (κ3) is 7.32. The molecular formula is C36H42FN5. The van der Waals surface area contributed by atoms with Crippen LogP contribution in [0, 0.1) is 11.2 Å². The fourth-order valence-electron chi connectivity index (χ4n) is 4.35. The Hall–Kier alpha value is -4.71. The third-order valence-electron chi connectivity index (χ3n) is 7.03. The maximum atomic E-state index is 14.7. The summed E-state index contributed by atoms with van der Waals surface area (Å²) in [4.78, 5) is 4.68. The highest BCUT2D eigenvalue weighted by Crippen LogP contribution is 2.30. The topological polar surface area (TPSA) is 65.6 Å². The van der Waals surface area contributed by atoms with Gasteiger partial charge in [-0.1, -0.05) is 90.4 Å². The summed E-state index contributed by atoms with van der Waals surface area (Å²) in [5.41, 5.74) is 8.47. The van der Waals surface area contributed by atoms with Gasteiger partial charge in [0, 0.05) is 33.5 Å². The summed E-state index contributed by atoms with van der Waals surface area (Å²) in [6.45, 7) is 28.6. The van der Waals surface area contributed by atoms with Crippen LogP contribution in [0.2, 0.25) is 0 Å². The molecule has 2 heterocycles. The van der Waals surface area contributed by atoms with Gasteiger partial charge >= 0.3 is 0 Å². The number of pyridine rings is 1. The van der Waals surface area contributed by atoms with Crippen LogP contribution in [0.15, 0.2) is 116 Å². The summed E-state index contributed by atoms with van der Waals surface area (Å²) < 4.78 is 14.7. The highest BCUT2D eigenvalue weighted by molar-refractivity contribution is 5.92. The smallest absolute Gasteiger partial charge is 0.131 e. The van der Waals surface area contributed by atoms with Gasteiger partial charge in [-0.2, -0.15) is 5.10 Å². The molecule has 6 heteroatoms. The van der Waals surface area contributed by atoms with E-state index in [0.29, 0.717) is 23.4 Å². The molecule has 1 aromatic carbocycles. The van der Waals surface area contributed by atoms with Gasteiger partial charge in [0.25, 0.3) is 0 Å². The Morgan fingerprint density at radius 2 is 1.83 bits per heavy atom. The van der Waals surface area contributed by atoms with Crippen LogP contribution in [0.5, 0.6) is 0 Å². The monoisotopic (exact) mass is 563 g/mol. The molecule has 0 aliphatic carbocycles. The molecule has 0 saturated carbocycles. The second kappa shape index (κ2) is 13.8. The highest BCUT2D eigenvalue weighted by atomic mass is 19.1. The minimum Gasteiger partial charge on any atom is -0.359 e. The molecule has 3 aromatic rings. The van der Waals surface area contributed by atoms with E-state index in [1.165, 1.54) is 6.07 Å². The van der Waals surface area contributed by atoms with E-state index in [-0.39, 0.29) is 11.2 Å². The number of aromatic amines is 1. The number of nitrogens with zero attached hydrogens (tertiary/aromatic N) is 2. The van der Waals surface area contributed by atoms with E-state index < -0.39 is 0 Å². The highest BCUT2D eigenvalue weighted by Gasteiger charge is 2.17. The molecule has 0 radical (unpaired) electrons. The summed E-state index contributed by atoms with van der Waals surface area (Å²) in [6, 6.07) is 8.73. The SMILES string of the molecule is C=C/C=C(\C(C)=C(/CC)NC(=C)c1n[nH]c2cnc(C(/C=C(\C=C)NC(=C)C(C)(C)C)=C/C)cc12)c1ccccc1F. The Kier molecular flexibility index (Phi) is 10.4. The number of allylic oxidation sites excluding steroid dienone is 10. The first kappa shape index (κ1) is 31.8. The molecule has 2 aromatic heterocycles. The van der Waals surface area contributed by atoms with E-state index >= 15 is 0 Å². The van der Waals surface area contributed by atoms with E-state index in [0.717, 1.165) is 50.4 Å². The second-order valence-electron chi connectivity index (χ2n) is 10.9. The summed E-state index contributed by atoms with van der Waals surface area (Å²) >= 11 is 0. The van der Waals surface area contributed by atoms with Gasteiger partial charge in [0.15, 0.2) is 0 Å². The minimum atomic E-state index is -0.288. The van der Waals surface area contributed by atoms with Crippen LogP contribution in [-0.2, 0) is 0 Å². The van der Waals surface area contributed by atoms with Crippen molar-refractivity contribution in [1.29, 1.82) is 0 Å². The van der Waals surface area contributed by atoms with E-state index in [2.05, 4.69) is 72.9 Å². The molecule has 218 valence electrons. The number of aromatic nitrogens is 3. The lowest BCUT2D eigenvalue weighted by molar-refractivity contribution is 0.478. The number of hydrogen-bond donors (Lipinski definition) is 3.